The summed E-state index contributed by atoms with van der Waals surface area (Å²) in [5.41, 5.74) is 1.65. The smallest absolute Gasteiger partial charge is 0.199 e. The SMILES string of the molecule is COc1ccc([CH]Cc2c(Cl)c[n+]([O-])cc2Cl)cc1OC. The quantitative estimate of drug-likeness (QED) is 0.624. The van der Waals surface area contributed by atoms with Gasteiger partial charge in [-0.3, -0.25) is 0 Å². The number of pyridine rings is 1. The van der Waals surface area contributed by atoms with E-state index in [1.165, 1.54) is 12.4 Å². The summed E-state index contributed by atoms with van der Waals surface area (Å²) in [7, 11) is 3.17. The molecule has 0 bridgehead atoms. The molecule has 1 radical (unpaired) electrons. The summed E-state index contributed by atoms with van der Waals surface area (Å²) in [4.78, 5) is 0. The molecule has 0 saturated heterocycles. The van der Waals surface area contributed by atoms with Crippen LogP contribution in [0.3, 0.4) is 0 Å². The number of rotatable bonds is 5. The van der Waals surface area contributed by atoms with Crippen molar-refractivity contribution >= 4 is 23.2 Å². The van der Waals surface area contributed by atoms with Crippen molar-refractivity contribution in [2.24, 2.45) is 0 Å². The van der Waals surface area contributed by atoms with Gasteiger partial charge in [-0.25, -0.2) is 0 Å². The molecule has 0 amide bonds. The van der Waals surface area contributed by atoms with E-state index in [0.717, 1.165) is 5.56 Å². The fourth-order valence-electron chi connectivity index (χ4n) is 1.93. The van der Waals surface area contributed by atoms with E-state index in [4.69, 9.17) is 32.7 Å². The van der Waals surface area contributed by atoms with E-state index in [1.54, 1.807) is 14.2 Å². The molecule has 0 aliphatic heterocycles. The van der Waals surface area contributed by atoms with Crippen LogP contribution in [0.1, 0.15) is 11.1 Å². The number of methoxy groups -OCH3 is 2. The highest BCUT2D eigenvalue weighted by Crippen LogP contribution is 2.30. The fourth-order valence-corrected chi connectivity index (χ4v) is 2.52. The van der Waals surface area contributed by atoms with Gasteiger partial charge in [0.05, 0.1) is 14.2 Å². The lowest BCUT2D eigenvalue weighted by Crippen LogP contribution is -2.25. The first kappa shape index (κ1) is 15.7. The molecule has 0 N–H and O–H groups in total. The van der Waals surface area contributed by atoms with E-state index in [0.29, 0.717) is 38.3 Å². The van der Waals surface area contributed by atoms with Crippen LogP contribution in [0.5, 0.6) is 11.5 Å². The van der Waals surface area contributed by atoms with Crippen LogP contribution in [-0.2, 0) is 6.42 Å². The highest BCUT2D eigenvalue weighted by molar-refractivity contribution is 6.35. The third-order valence-corrected chi connectivity index (χ3v) is 3.66. The molecule has 1 aromatic heterocycles. The fraction of sp³-hybridized carbons (Fsp3) is 0.200. The monoisotopic (exact) mass is 326 g/mol. The summed E-state index contributed by atoms with van der Waals surface area (Å²) in [5.74, 6) is 1.31. The van der Waals surface area contributed by atoms with Crippen LogP contribution in [-0.4, -0.2) is 14.2 Å². The van der Waals surface area contributed by atoms with Crippen molar-refractivity contribution < 1.29 is 14.2 Å². The maximum atomic E-state index is 11.2. The molecule has 21 heavy (non-hydrogen) atoms. The average Bonchev–Trinajstić information content (AvgIpc) is 2.45. The lowest BCUT2D eigenvalue weighted by molar-refractivity contribution is -0.605. The molecule has 2 rings (SSSR count). The molecule has 4 nitrogen and oxygen atoms in total. The molecule has 0 aliphatic rings. The van der Waals surface area contributed by atoms with E-state index in [2.05, 4.69) is 0 Å². The lowest BCUT2D eigenvalue weighted by Gasteiger charge is -2.10. The zero-order valence-electron chi connectivity index (χ0n) is 11.6. The Hall–Kier alpha value is -1.65. The molecule has 111 valence electrons. The van der Waals surface area contributed by atoms with Crippen molar-refractivity contribution in [1.29, 1.82) is 0 Å². The molecule has 0 aliphatic carbocycles. The minimum absolute atomic E-state index is 0.342. The van der Waals surface area contributed by atoms with Crippen LogP contribution < -0.4 is 14.2 Å². The predicted octanol–water partition coefficient (Wildman–Crippen LogP) is 3.44. The van der Waals surface area contributed by atoms with Crippen LogP contribution in [0.2, 0.25) is 10.0 Å². The number of hydrogen-bond donors (Lipinski definition) is 0. The van der Waals surface area contributed by atoms with Crippen molar-refractivity contribution in [2.45, 2.75) is 6.42 Å². The third kappa shape index (κ3) is 3.71. The van der Waals surface area contributed by atoms with Gasteiger partial charge in [0.25, 0.3) is 0 Å². The van der Waals surface area contributed by atoms with E-state index < -0.39 is 0 Å². The number of nitrogens with zero attached hydrogens (tertiary/aromatic N) is 1. The summed E-state index contributed by atoms with van der Waals surface area (Å²) in [6.45, 7) is 0. The van der Waals surface area contributed by atoms with Crippen molar-refractivity contribution in [1.82, 2.24) is 0 Å². The molecule has 1 heterocycles. The second-order valence-electron chi connectivity index (χ2n) is 4.32. The van der Waals surface area contributed by atoms with Crippen molar-refractivity contribution in [2.75, 3.05) is 14.2 Å². The van der Waals surface area contributed by atoms with Gasteiger partial charge in [0.15, 0.2) is 23.9 Å². The molecule has 0 atom stereocenters. The first-order valence-electron chi connectivity index (χ1n) is 6.17. The first-order valence-corrected chi connectivity index (χ1v) is 6.92. The molecule has 0 unspecified atom stereocenters. The zero-order valence-corrected chi connectivity index (χ0v) is 13.1. The van der Waals surface area contributed by atoms with Gasteiger partial charge < -0.3 is 14.7 Å². The predicted molar refractivity (Wildman–Crippen MR) is 82.1 cm³/mol. The minimum atomic E-state index is 0.342. The molecule has 0 fully saturated rings. The van der Waals surface area contributed by atoms with Crippen molar-refractivity contribution in [3.05, 3.63) is 63.4 Å². The van der Waals surface area contributed by atoms with E-state index in [9.17, 15) is 5.21 Å². The second-order valence-corrected chi connectivity index (χ2v) is 5.13. The highest BCUT2D eigenvalue weighted by Gasteiger charge is 2.12. The molecule has 0 spiro atoms. The maximum Gasteiger partial charge on any atom is 0.199 e. The van der Waals surface area contributed by atoms with E-state index >= 15 is 0 Å². The van der Waals surface area contributed by atoms with Crippen LogP contribution in [0, 0.1) is 11.6 Å². The van der Waals surface area contributed by atoms with Crippen LogP contribution >= 0.6 is 23.2 Å². The maximum absolute atomic E-state index is 11.2. The molecule has 1 aromatic carbocycles. The van der Waals surface area contributed by atoms with E-state index in [1.807, 2.05) is 24.6 Å². The number of hydrogen-bond acceptors (Lipinski definition) is 3. The largest absolute Gasteiger partial charge is 0.619 e. The van der Waals surface area contributed by atoms with E-state index in [-0.39, 0.29) is 0 Å². The van der Waals surface area contributed by atoms with Gasteiger partial charge in [-0.2, -0.15) is 4.73 Å². The Morgan fingerprint density at radius 2 is 1.71 bits per heavy atom. The van der Waals surface area contributed by atoms with Crippen LogP contribution in [0.4, 0.5) is 0 Å². The molecular formula is C15H14Cl2NO3. The summed E-state index contributed by atoms with van der Waals surface area (Å²) in [5, 5.41) is 11.9. The number of ether oxygens (including phenoxy) is 2. The molecule has 0 saturated carbocycles. The summed E-state index contributed by atoms with van der Waals surface area (Å²) < 4.78 is 11.0. The number of aromatic nitrogens is 1. The number of benzene rings is 1. The van der Waals surface area contributed by atoms with Gasteiger partial charge in [-0.1, -0.05) is 29.3 Å². The Morgan fingerprint density at radius 3 is 2.29 bits per heavy atom. The summed E-state index contributed by atoms with van der Waals surface area (Å²) in [6.07, 6.45) is 5.02. The molecular weight excluding hydrogens is 313 g/mol. The van der Waals surface area contributed by atoms with Crippen LogP contribution in [0.25, 0.3) is 0 Å². The molecule has 6 heteroatoms. The van der Waals surface area contributed by atoms with Gasteiger partial charge in [-0.05, 0) is 30.5 Å². The topological polar surface area (TPSA) is 45.4 Å². The second kappa shape index (κ2) is 6.87. The summed E-state index contributed by atoms with van der Waals surface area (Å²) in [6, 6.07) is 5.59. The van der Waals surface area contributed by atoms with Gasteiger partial charge in [-0.15, -0.1) is 0 Å². The van der Waals surface area contributed by atoms with Gasteiger partial charge in [0, 0.05) is 5.56 Å². The Labute approximate surface area is 133 Å². The highest BCUT2D eigenvalue weighted by atomic mass is 35.5. The Bertz CT molecular complexity index is 624. The number of halogens is 2. The summed E-state index contributed by atoms with van der Waals surface area (Å²) >= 11 is 12.1. The van der Waals surface area contributed by atoms with Gasteiger partial charge >= 0.3 is 0 Å². The Balaban J connectivity index is 2.17. The average molecular weight is 327 g/mol. The van der Waals surface area contributed by atoms with Crippen LogP contribution in [0.15, 0.2) is 30.6 Å². The van der Waals surface area contributed by atoms with Crippen molar-refractivity contribution in [3.63, 3.8) is 0 Å². The third-order valence-electron chi connectivity index (χ3n) is 3.01. The standard InChI is InChI=1S/C15H14Cl2NO3/c1-20-14-6-4-10(7-15(14)21-2)3-5-11-12(16)8-18(19)9-13(11)17/h3-4,6-9H,5H2,1-2H3. The van der Waals surface area contributed by atoms with Crippen molar-refractivity contribution in [3.8, 4) is 11.5 Å². The van der Waals surface area contributed by atoms with Gasteiger partial charge in [0.1, 0.15) is 10.0 Å². The zero-order chi connectivity index (χ0) is 15.4. The molecule has 2 aromatic rings. The lowest BCUT2D eigenvalue weighted by atomic mass is 10.0. The van der Waals surface area contributed by atoms with Gasteiger partial charge in [0.2, 0.25) is 0 Å². The Morgan fingerprint density at radius 1 is 1.10 bits per heavy atom. The normalized spacial score (nSPS) is 10.5. The minimum Gasteiger partial charge on any atom is -0.619 e. The Kier molecular flexibility index (Phi) is 5.15. The first-order chi connectivity index (χ1) is 10.0.